The van der Waals surface area contributed by atoms with Crippen LogP contribution in [-0.4, -0.2) is 9.78 Å². The quantitative estimate of drug-likeness (QED) is 0.897. The van der Waals surface area contributed by atoms with E-state index >= 15 is 0 Å². The molecule has 3 nitrogen and oxygen atoms in total. The van der Waals surface area contributed by atoms with Gasteiger partial charge in [0.25, 0.3) is 0 Å². The van der Waals surface area contributed by atoms with Gasteiger partial charge in [0.2, 0.25) is 0 Å². The minimum atomic E-state index is 0.551. The van der Waals surface area contributed by atoms with Crippen molar-refractivity contribution in [3.63, 3.8) is 0 Å². The molecular weight excluding hydrogens is 245 g/mol. The van der Waals surface area contributed by atoms with Gasteiger partial charge in [-0.15, -0.1) is 0 Å². The fourth-order valence-corrected chi connectivity index (χ4v) is 1.97. The van der Waals surface area contributed by atoms with Gasteiger partial charge in [-0.3, -0.25) is 0 Å². The normalized spacial score (nSPS) is 10.7. The van der Waals surface area contributed by atoms with Crippen LogP contribution in [0.5, 0.6) is 0 Å². The first-order chi connectivity index (χ1) is 7.56. The summed E-state index contributed by atoms with van der Waals surface area (Å²) in [5.74, 6) is 0.628. The van der Waals surface area contributed by atoms with Crippen LogP contribution in [0.2, 0.25) is 10.0 Å². The number of rotatable bonds is 2. The molecule has 2 aromatic rings. The average Bonchev–Trinajstić information content (AvgIpc) is 2.50. The molecule has 0 radical (unpaired) electrons. The summed E-state index contributed by atoms with van der Waals surface area (Å²) in [4.78, 5) is 0. The number of halogens is 2. The van der Waals surface area contributed by atoms with Gasteiger partial charge >= 0.3 is 0 Å². The predicted molar refractivity (Wildman–Crippen MR) is 66.9 cm³/mol. The zero-order valence-corrected chi connectivity index (χ0v) is 10.3. The van der Waals surface area contributed by atoms with Crippen LogP contribution in [0.25, 0.3) is 0 Å². The summed E-state index contributed by atoms with van der Waals surface area (Å²) in [5.41, 5.74) is 7.64. The lowest BCUT2D eigenvalue weighted by atomic mass is 10.2. The van der Waals surface area contributed by atoms with Gasteiger partial charge in [0.1, 0.15) is 5.82 Å². The maximum atomic E-state index is 6.07. The Hall–Kier alpha value is -1.19. The van der Waals surface area contributed by atoms with Crippen molar-refractivity contribution in [3.8, 4) is 0 Å². The van der Waals surface area contributed by atoms with Crippen LogP contribution in [0, 0.1) is 6.92 Å². The van der Waals surface area contributed by atoms with Gasteiger partial charge in [0.05, 0.1) is 12.2 Å². The van der Waals surface area contributed by atoms with Crippen LogP contribution in [0.4, 0.5) is 5.82 Å². The topological polar surface area (TPSA) is 43.8 Å². The first-order valence-corrected chi connectivity index (χ1v) is 5.55. The van der Waals surface area contributed by atoms with Crippen molar-refractivity contribution < 1.29 is 0 Å². The fraction of sp³-hybridized carbons (Fsp3) is 0.182. The van der Waals surface area contributed by atoms with E-state index < -0.39 is 0 Å². The van der Waals surface area contributed by atoms with Gasteiger partial charge in [0.15, 0.2) is 0 Å². The second-order valence-corrected chi connectivity index (χ2v) is 4.45. The van der Waals surface area contributed by atoms with E-state index in [0.717, 1.165) is 11.3 Å². The van der Waals surface area contributed by atoms with Crippen LogP contribution in [0.3, 0.4) is 0 Å². The molecule has 16 heavy (non-hydrogen) atoms. The van der Waals surface area contributed by atoms with E-state index in [4.69, 9.17) is 28.9 Å². The lowest BCUT2D eigenvalue weighted by molar-refractivity contribution is 0.689. The number of aromatic nitrogens is 2. The standard InChI is InChI=1S/C11H11Cl2N3/c1-7-4-11(14)16(15-7)6-8-2-3-9(12)5-10(8)13/h2-5H,6,14H2,1H3. The molecule has 0 aliphatic rings. The zero-order valence-electron chi connectivity index (χ0n) is 8.74. The van der Waals surface area contributed by atoms with E-state index in [-0.39, 0.29) is 0 Å². The molecule has 2 N–H and O–H groups in total. The Labute approximate surface area is 104 Å². The molecule has 0 fully saturated rings. The summed E-state index contributed by atoms with van der Waals surface area (Å²) in [6, 6.07) is 7.21. The Bertz CT molecular complexity index is 520. The van der Waals surface area contributed by atoms with Crippen LogP contribution in [-0.2, 0) is 6.54 Å². The molecule has 0 amide bonds. The molecule has 0 atom stereocenters. The highest BCUT2D eigenvalue weighted by Gasteiger charge is 2.06. The van der Waals surface area contributed by atoms with Gasteiger partial charge in [-0.2, -0.15) is 5.10 Å². The Balaban J connectivity index is 2.30. The van der Waals surface area contributed by atoms with Crippen molar-refractivity contribution in [3.05, 3.63) is 45.6 Å². The van der Waals surface area contributed by atoms with Crippen molar-refractivity contribution in [1.82, 2.24) is 9.78 Å². The molecule has 1 aromatic heterocycles. The van der Waals surface area contributed by atoms with E-state index in [0.29, 0.717) is 22.4 Å². The lowest BCUT2D eigenvalue weighted by Crippen LogP contribution is -2.06. The highest BCUT2D eigenvalue weighted by Crippen LogP contribution is 2.22. The largest absolute Gasteiger partial charge is 0.384 e. The molecule has 0 saturated heterocycles. The monoisotopic (exact) mass is 255 g/mol. The maximum absolute atomic E-state index is 6.07. The zero-order chi connectivity index (χ0) is 11.7. The van der Waals surface area contributed by atoms with Crippen LogP contribution in [0.1, 0.15) is 11.3 Å². The Kier molecular flexibility index (Phi) is 3.08. The third-order valence-corrected chi connectivity index (χ3v) is 2.86. The summed E-state index contributed by atoms with van der Waals surface area (Å²) in [6.45, 7) is 2.45. The number of benzene rings is 1. The minimum Gasteiger partial charge on any atom is -0.384 e. The minimum absolute atomic E-state index is 0.551. The Morgan fingerprint density at radius 3 is 2.62 bits per heavy atom. The van der Waals surface area contributed by atoms with E-state index in [9.17, 15) is 0 Å². The molecular formula is C11H11Cl2N3. The van der Waals surface area contributed by atoms with Crippen LogP contribution < -0.4 is 5.73 Å². The number of nitrogens with zero attached hydrogens (tertiary/aromatic N) is 2. The number of hydrogen-bond donors (Lipinski definition) is 1. The lowest BCUT2D eigenvalue weighted by Gasteiger charge is -2.06. The van der Waals surface area contributed by atoms with Crippen molar-refractivity contribution in [2.75, 3.05) is 5.73 Å². The average molecular weight is 256 g/mol. The summed E-state index contributed by atoms with van der Waals surface area (Å²) in [6.07, 6.45) is 0. The molecule has 0 unspecified atom stereocenters. The molecule has 0 aliphatic heterocycles. The number of nitrogens with two attached hydrogens (primary N) is 1. The highest BCUT2D eigenvalue weighted by atomic mass is 35.5. The van der Waals surface area contributed by atoms with E-state index in [1.54, 1.807) is 16.8 Å². The number of aryl methyl sites for hydroxylation is 1. The molecule has 1 heterocycles. The maximum Gasteiger partial charge on any atom is 0.122 e. The number of nitrogen functional groups attached to an aromatic ring is 1. The molecule has 2 rings (SSSR count). The SMILES string of the molecule is Cc1cc(N)n(Cc2ccc(Cl)cc2Cl)n1. The van der Waals surface area contributed by atoms with Crippen molar-refractivity contribution in [1.29, 1.82) is 0 Å². The third-order valence-electron chi connectivity index (χ3n) is 2.27. The first-order valence-electron chi connectivity index (χ1n) is 4.80. The predicted octanol–water partition coefficient (Wildman–Crippen LogP) is 3.13. The van der Waals surface area contributed by atoms with Gasteiger partial charge in [0, 0.05) is 16.1 Å². The molecule has 0 bridgehead atoms. The summed E-state index contributed by atoms with van der Waals surface area (Å²) in [5, 5.41) is 5.52. The van der Waals surface area contributed by atoms with E-state index in [1.165, 1.54) is 0 Å². The fourth-order valence-electron chi connectivity index (χ4n) is 1.50. The number of hydrogen-bond acceptors (Lipinski definition) is 2. The molecule has 84 valence electrons. The van der Waals surface area contributed by atoms with Gasteiger partial charge in [-0.1, -0.05) is 29.3 Å². The van der Waals surface area contributed by atoms with Crippen LogP contribution in [0.15, 0.2) is 24.3 Å². The van der Waals surface area contributed by atoms with E-state index in [2.05, 4.69) is 5.10 Å². The van der Waals surface area contributed by atoms with Crippen molar-refractivity contribution in [2.24, 2.45) is 0 Å². The molecule has 0 saturated carbocycles. The Morgan fingerprint density at radius 2 is 2.06 bits per heavy atom. The van der Waals surface area contributed by atoms with Crippen LogP contribution >= 0.6 is 23.2 Å². The third kappa shape index (κ3) is 2.31. The van der Waals surface area contributed by atoms with Gasteiger partial charge in [-0.25, -0.2) is 4.68 Å². The Morgan fingerprint density at radius 1 is 1.31 bits per heavy atom. The molecule has 1 aromatic carbocycles. The summed E-state index contributed by atoms with van der Waals surface area (Å²) >= 11 is 11.9. The highest BCUT2D eigenvalue weighted by molar-refractivity contribution is 6.35. The second-order valence-electron chi connectivity index (χ2n) is 3.60. The number of anilines is 1. The molecule has 5 heteroatoms. The molecule has 0 aliphatic carbocycles. The van der Waals surface area contributed by atoms with Gasteiger partial charge in [-0.05, 0) is 24.6 Å². The molecule has 0 spiro atoms. The van der Waals surface area contributed by atoms with Crippen molar-refractivity contribution in [2.45, 2.75) is 13.5 Å². The second kappa shape index (κ2) is 4.36. The van der Waals surface area contributed by atoms with Gasteiger partial charge < -0.3 is 5.73 Å². The summed E-state index contributed by atoms with van der Waals surface area (Å²) < 4.78 is 1.71. The smallest absolute Gasteiger partial charge is 0.122 e. The summed E-state index contributed by atoms with van der Waals surface area (Å²) in [7, 11) is 0. The first kappa shape index (κ1) is 11.3. The van der Waals surface area contributed by atoms with Crippen molar-refractivity contribution >= 4 is 29.0 Å². The van der Waals surface area contributed by atoms with E-state index in [1.807, 2.05) is 19.1 Å².